The molecular weight excluding hydrogens is 176 g/mol. The lowest BCUT2D eigenvalue weighted by Gasteiger charge is -2.22. The van der Waals surface area contributed by atoms with Crippen molar-refractivity contribution in [3.63, 3.8) is 0 Å². The number of carbonyl (C=O) groups is 1. The van der Waals surface area contributed by atoms with E-state index in [0.29, 0.717) is 5.92 Å². The summed E-state index contributed by atoms with van der Waals surface area (Å²) in [5, 5.41) is 6.29. The molecule has 1 saturated heterocycles. The predicted octanol–water partition coefficient (Wildman–Crippen LogP) is 1.07. The van der Waals surface area contributed by atoms with Gasteiger partial charge < -0.3 is 10.6 Å². The van der Waals surface area contributed by atoms with E-state index in [0.717, 1.165) is 25.2 Å². The number of allylic oxidation sites excluding steroid dienone is 1. The maximum Gasteiger partial charge on any atom is 0.246 e. The zero-order valence-corrected chi connectivity index (χ0v) is 9.10. The van der Waals surface area contributed by atoms with Crippen molar-refractivity contribution >= 4 is 5.91 Å². The van der Waals surface area contributed by atoms with Crippen molar-refractivity contribution in [1.82, 2.24) is 10.6 Å². The van der Waals surface area contributed by atoms with Gasteiger partial charge in [0.25, 0.3) is 0 Å². The molecule has 0 aromatic heterocycles. The third-order valence-corrected chi connectivity index (χ3v) is 2.74. The van der Waals surface area contributed by atoms with Gasteiger partial charge >= 0.3 is 0 Å². The Bertz CT molecular complexity index is 217. The summed E-state index contributed by atoms with van der Waals surface area (Å²) in [5.74, 6) is 0.676. The highest BCUT2D eigenvalue weighted by molar-refractivity contribution is 5.92. The quantitative estimate of drug-likeness (QED) is 0.663. The lowest BCUT2D eigenvalue weighted by molar-refractivity contribution is -0.117. The summed E-state index contributed by atoms with van der Waals surface area (Å²) in [6, 6.07) is 0. The van der Waals surface area contributed by atoms with Crippen LogP contribution in [0.4, 0.5) is 0 Å². The lowest BCUT2D eigenvalue weighted by Crippen LogP contribution is -2.38. The number of nitrogens with one attached hydrogen (secondary N) is 2. The number of amides is 1. The summed E-state index contributed by atoms with van der Waals surface area (Å²) in [6.07, 6.45) is 4.29. The molecule has 0 radical (unpaired) electrons. The van der Waals surface area contributed by atoms with E-state index in [9.17, 15) is 4.79 Å². The molecule has 2 N–H and O–H groups in total. The molecule has 1 amide bonds. The average molecular weight is 196 g/mol. The van der Waals surface area contributed by atoms with E-state index in [-0.39, 0.29) is 5.91 Å². The Kier molecular flexibility index (Phi) is 4.66. The van der Waals surface area contributed by atoms with E-state index in [1.54, 1.807) is 0 Å². The van der Waals surface area contributed by atoms with Crippen molar-refractivity contribution in [1.29, 1.82) is 0 Å². The third-order valence-electron chi connectivity index (χ3n) is 2.74. The highest BCUT2D eigenvalue weighted by Gasteiger charge is 2.13. The average Bonchev–Trinajstić information content (AvgIpc) is 2.26. The molecule has 1 unspecified atom stereocenters. The molecule has 0 aliphatic carbocycles. The monoisotopic (exact) mass is 196 g/mol. The Labute approximate surface area is 86.0 Å². The van der Waals surface area contributed by atoms with Crippen molar-refractivity contribution in [3.05, 3.63) is 11.6 Å². The van der Waals surface area contributed by atoms with Gasteiger partial charge in [-0.1, -0.05) is 6.08 Å². The van der Waals surface area contributed by atoms with Gasteiger partial charge in [0.15, 0.2) is 0 Å². The Hall–Kier alpha value is -0.830. The zero-order valence-electron chi connectivity index (χ0n) is 9.10. The molecule has 1 heterocycles. The van der Waals surface area contributed by atoms with Gasteiger partial charge in [-0.25, -0.2) is 0 Å². The molecule has 0 saturated carbocycles. The third kappa shape index (κ3) is 3.50. The van der Waals surface area contributed by atoms with Gasteiger partial charge in [0.1, 0.15) is 0 Å². The Morgan fingerprint density at radius 1 is 1.64 bits per heavy atom. The molecule has 0 spiro atoms. The summed E-state index contributed by atoms with van der Waals surface area (Å²) >= 11 is 0. The first-order chi connectivity index (χ1) is 6.74. The first-order valence-corrected chi connectivity index (χ1v) is 5.36. The van der Waals surface area contributed by atoms with Crippen molar-refractivity contribution in [2.45, 2.75) is 26.7 Å². The van der Waals surface area contributed by atoms with E-state index >= 15 is 0 Å². The minimum Gasteiger partial charge on any atom is -0.352 e. The van der Waals surface area contributed by atoms with Crippen LogP contribution < -0.4 is 10.6 Å². The van der Waals surface area contributed by atoms with Crippen LogP contribution in [0.1, 0.15) is 26.7 Å². The summed E-state index contributed by atoms with van der Waals surface area (Å²) in [6.45, 7) is 6.69. The largest absolute Gasteiger partial charge is 0.352 e. The van der Waals surface area contributed by atoms with Crippen LogP contribution in [0.2, 0.25) is 0 Å². The SMILES string of the molecule is C/C=C(\C)C(=O)NCC1CCCNC1. The second-order valence-electron chi connectivity index (χ2n) is 3.89. The van der Waals surface area contributed by atoms with Gasteiger partial charge in [-0.15, -0.1) is 0 Å². The zero-order chi connectivity index (χ0) is 10.4. The van der Waals surface area contributed by atoms with Crippen LogP contribution in [0.5, 0.6) is 0 Å². The van der Waals surface area contributed by atoms with Crippen LogP contribution in [0.3, 0.4) is 0 Å². The van der Waals surface area contributed by atoms with Crippen LogP contribution in [-0.4, -0.2) is 25.5 Å². The van der Waals surface area contributed by atoms with Crippen LogP contribution in [-0.2, 0) is 4.79 Å². The van der Waals surface area contributed by atoms with Crippen molar-refractivity contribution < 1.29 is 4.79 Å². The first kappa shape index (κ1) is 11.2. The maximum absolute atomic E-state index is 11.4. The van der Waals surface area contributed by atoms with Crippen molar-refractivity contribution in [2.75, 3.05) is 19.6 Å². The molecule has 1 atom stereocenters. The van der Waals surface area contributed by atoms with Crippen molar-refractivity contribution in [2.24, 2.45) is 5.92 Å². The molecule has 3 nitrogen and oxygen atoms in total. The Balaban J connectivity index is 2.22. The second-order valence-corrected chi connectivity index (χ2v) is 3.89. The molecule has 80 valence electrons. The summed E-state index contributed by atoms with van der Waals surface area (Å²) in [5.41, 5.74) is 0.800. The highest BCUT2D eigenvalue weighted by Crippen LogP contribution is 2.08. The molecule has 0 aromatic carbocycles. The van der Waals surface area contributed by atoms with Gasteiger partial charge in [0, 0.05) is 12.1 Å². The summed E-state index contributed by atoms with van der Waals surface area (Å²) in [4.78, 5) is 11.4. The molecule has 0 bridgehead atoms. The van der Waals surface area contributed by atoms with Crippen LogP contribution in [0, 0.1) is 5.92 Å². The predicted molar refractivity (Wildman–Crippen MR) is 58.0 cm³/mol. The first-order valence-electron chi connectivity index (χ1n) is 5.36. The number of hydrogen-bond donors (Lipinski definition) is 2. The molecule has 1 aliphatic heterocycles. The molecule has 3 heteroatoms. The van der Waals surface area contributed by atoms with E-state index in [2.05, 4.69) is 10.6 Å². The minimum atomic E-state index is 0.0677. The second kappa shape index (κ2) is 5.81. The molecule has 1 aliphatic rings. The summed E-state index contributed by atoms with van der Waals surface area (Å²) < 4.78 is 0. The lowest BCUT2D eigenvalue weighted by atomic mass is 10.00. The molecular formula is C11H20N2O. The maximum atomic E-state index is 11.4. The van der Waals surface area contributed by atoms with Gasteiger partial charge in [0.2, 0.25) is 5.91 Å². The van der Waals surface area contributed by atoms with Crippen LogP contribution >= 0.6 is 0 Å². The highest BCUT2D eigenvalue weighted by atomic mass is 16.1. The number of hydrogen-bond acceptors (Lipinski definition) is 2. The van der Waals surface area contributed by atoms with E-state index in [1.807, 2.05) is 19.9 Å². The Morgan fingerprint density at radius 2 is 2.43 bits per heavy atom. The van der Waals surface area contributed by atoms with Gasteiger partial charge in [-0.2, -0.15) is 0 Å². The number of piperidine rings is 1. The summed E-state index contributed by atoms with van der Waals surface area (Å²) in [7, 11) is 0. The minimum absolute atomic E-state index is 0.0677. The number of rotatable bonds is 3. The molecule has 1 rings (SSSR count). The Morgan fingerprint density at radius 3 is 3.00 bits per heavy atom. The smallest absolute Gasteiger partial charge is 0.246 e. The topological polar surface area (TPSA) is 41.1 Å². The fourth-order valence-corrected chi connectivity index (χ4v) is 1.61. The van der Waals surface area contributed by atoms with Gasteiger partial charge in [-0.05, 0) is 45.7 Å². The normalized spacial score (nSPS) is 23.3. The fraction of sp³-hybridized carbons (Fsp3) is 0.727. The van der Waals surface area contributed by atoms with Crippen LogP contribution in [0.15, 0.2) is 11.6 Å². The standard InChI is InChI=1S/C11H20N2O/c1-3-9(2)11(14)13-8-10-5-4-6-12-7-10/h3,10,12H,4-8H2,1-2H3,(H,13,14)/b9-3+. The molecule has 0 aromatic rings. The molecule has 1 fully saturated rings. The van der Waals surface area contributed by atoms with E-state index < -0.39 is 0 Å². The molecule has 14 heavy (non-hydrogen) atoms. The van der Waals surface area contributed by atoms with Crippen LogP contribution in [0.25, 0.3) is 0 Å². The van der Waals surface area contributed by atoms with Gasteiger partial charge in [0.05, 0.1) is 0 Å². The van der Waals surface area contributed by atoms with Gasteiger partial charge in [-0.3, -0.25) is 4.79 Å². The number of carbonyl (C=O) groups excluding carboxylic acids is 1. The van der Waals surface area contributed by atoms with Crippen molar-refractivity contribution in [3.8, 4) is 0 Å². The fourth-order valence-electron chi connectivity index (χ4n) is 1.61. The van der Waals surface area contributed by atoms with E-state index in [1.165, 1.54) is 12.8 Å². The van der Waals surface area contributed by atoms with E-state index in [4.69, 9.17) is 0 Å².